The van der Waals surface area contributed by atoms with Gasteiger partial charge in [-0.15, -0.1) is 0 Å². The highest BCUT2D eigenvalue weighted by atomic mass is 16.6. The number of hydrogen-bond acceptors (Lipinski definition) is 6. The van der Waals surface area contributed by atoms with Gasteiger partial charge in [0, 0.05) is 19.3 Å². The SMILES string of the molecule is CC(C)CCCCCCCCCCCCCCCCC(=O)OC[C@@H](COC(=O)CCCCCCCCC(C)C)OC(=O)CCCCCCCCCCCCCC(C)C. The molecule has 0 unspecified atom stereocenters. The van der Waals surface area contributed by atoms with E-state index in [1.54, 1.807) is 0 Å². The molecular formula is C52H100O6. The zero-order chi connectivity index (χ0) is 42.7. The van der Waals surface area contributed by atoms with Crippen LogP contribution in [-0.4, -0.2) is 37.2 Å². The van der Waals surface area contributed by atoms with Crippen LogP contribution in [0.15, 0.2) is 0 Å². The van der Waals surface area contributed by atoms with Gasteiger partial charge in [-0.3, -0.25) is 14.4 Å². The van der Waals surface area contributed by atoms with Crippen molar-refractivity contribution in [2.75, 3.05) is 13.2 Å². The van der Waals surface area contributed by atoms with E-state index < -0.39 is 6.10 Å². The molecule has 0 aromatic heterocycles. The van der Waals surface area contributed by atoms with E-state index in [4.69, 9.17) is 14.2 Å². The Morgan fingerprint density at radius 1 is 0.293 bits per heavy atom. The van der Waals surface area contributed by atoms with Crippen LogP contribution in [0.25, 0.3) is 0 Å². The minimum absolute atomic E-state index is 0.0654. The third kappa shape index (κ3) is 45.5. The minimum atomic E-state index is -0.763. The molecule has 0 radical (unpaired) electrons. The summed E-state index contributed by atoms with van der Waals surface area (Å²) in [5.41, 5.74) is 0. The molecule has 0 aliphatic rings. The summed E-state index contributed by atoms with van der Waals surface area (Å²) >= 11 is 0. The van der Waals surface area contributed by atoms with Gasteiger partial charge < -0.3 is 14.2 Å². The standard InChI is InChI=1S/C52H100O6/c1-46(2)38-32-26-20-16-12-9-7-8-10-14-18-22-29-35-41-50(53)56-44-49(45-57-51(54)42-36-30-25-24-28-34-40-48(5)6)58-52(55)43-37-31-23-19-15-11-13-17-21-27-33-39-47(3)4/h46-49H,7-45H2,1-6H3/t49-/m0/s1. The van der Waals surface area contributed by atoms with Crippen molar-refractivity contribution in [1.82, 2.24) is 0 Å². The van der Waals surface area contributed by atoms with Crippen LogP contribution in [0.5, 0.6) is 0 Å². The predicted octanol–water partition coefficient (Wildman–Crippen LogP) is 16.4. The average Bonchev–Trinajstić information content (AvgIpc) is 3.18. The van der Waals surface area contributed by atoms with E-state index in [-0.39, 0.29) is 31.1 Å². The molecule has 0 aliphatic carbocycles. The molecule has 0 bridgehead atoms. The van der Waals surface area contributed by atoms with Crippen LogP contribution in [-0.2, 0) is 28.6 Å². The number of ether oxygens (including phenoxy) is 3. The van der Waals surface area contributed by atoms with Crippen LogP contribution >= 0.6 is 0 Å². The first-order valence-electron chi connectivity index (χ1n) is 25.6. The Balaban J connectivity index is 4.26. The second-order valence-electron chi connectivity index (χ2n) is 19.2. The van der Waals surface area contributed by atoms with Crippen LogP contribution in [0, 0.1) is 17.8 Å². The van der Waals surface area contributed by atoms with Gasteiger partial charge in [0.2, 0.25) is 0 Å². The topological polar surface area (TPSA) is 78.9 Å². The fraction of sp³-hybridized carbons (Fsp3) is 0.942. The van der Waals surface area contributed by atoms with Crippen molar-refractivity contribution in [3.63, 3.8) is 0 Å². The van der Waals surface area contributed by atoms with Crippen molar-refractivity contribution in [2.45, 2.75) is 285 Å². The lowest BCUT2D eigenvalue weighted by Crippen LogP contribution is -2.30. The van der Waals surface area contributed by atoms with E-state index >= 15 is 0 Å². The summed E-state index contributed by atoms with van der Waals surface area (Å²) < 4.78 is 16.8. The van der Waals surface area contributed by atoms with Crippen molar-refractivity contribution in [2.24, 2.45) is 17.8 Å². The normalized spacial score (nSPS) is 12.2. The smallest absolute Gasteiger partial charge is 0.306 e. The molecule has 58 heavy (non-hydrogen) atoms. The zero-order valence-corrected chi connectivity index (χ0v) is 39.8. The zero-order valence-electron chi connectivity index (χ0n) is 39.8. The van der Waals surface area contributed by atoms with Gasteiger partial charge in [-0.1, -0.05) is 241 Å². The molecule has 0 rings (SSSR count). The molecular weight excluding hydrogens is 721 g/mol. The third-order valence-electron chi connectivity index (χ3n) is 11.6. The number of carbonyl (C=O) groups is 3. The Hall–Kier alpha value is -1.59. The van der Waals surface area contributed by atoms with Crippen molar-refractivity contribution in [1.29, 1.82) is 0 Å². The van der Waals surface area contributed by atoms with Crippen LogP contribution in [0.4, 0.5) is 0 Å². The summed E-state index contributed by atoms with van der Waals surface area (Å²) in [4.78, 5) is 37.9. The first-order chi connectivity index (χ1) is 28.1. The summed E-state index contributed by atoms with van der Waals surface area (Å²) in [6.45, 7) is 13.7. The summed E-state index contributed by atoms with van der Waals surface area (Å²) in [7, 11) is 0. The largest absolute Gasteiger partial charge is 0.462 e. The Kier molecular flexibility index (Phi) is 42.3. The lowest BCUT2D eigenvalue weighted by molar-refractivity contribution is -0.167. The molecule has 0 saturated heterocycles. The van der Waals surface area contributed by atoms with Crippen LogP contribution in [0.3, 0.4) is 0 Å². The van der Waals surface area contributed by atoms with E-state index in [9.17, 15) is 14.4 Å². The summed E-state index contributed by atoms with van der Waals surface area (Å²) in [6.07, 6.45) is 42.5. The van der Waals surface area contributed by atoms with Gasteiger partial charge >= 0.3 is 17.9 Å². The molecule has 0 spiro atoms. The lowest BCUT2D eigenvalue weighted by Gasteiger charge is -2.18. The van der Waals surface area contributed by atoms with Gasteiger partial charge in [-0.2, -0.15) is 0 Å². The molecule has 6 nitrogen and oxygen atoms in total. The van der Waals surface area contributed by atoms with Gasteiger partial charge in [0.15, 0.2) is 6.10 Å². The highest BCUT2D eigenvalue weighted by molar-refractivity contribution is 5.71. The van der Waals surface area contributed by atoms with Crippen molar-refractivity contribution in [3.8, 4) is 0 Å². The second-order valence-corrected chi connectivity index (χ2v) is 19.2. The monoisotopic (exact) mass is 821 g/mol. The maximum absolute atomic E-state index is 12.8. The van der Waals surface area contributed by atoms with Crippen LogP contribution in [0.1, 0.15) is 279 Å². The predicted molar refractivity (Wildman–Crippen MR) is 247 cm³/mol. The van der Waals surface area contributed by atoms with E-state index in [0.717, 1.165) is 75.5 Å². The molecule has 0 saturated carbocycles. The molecule has 0 fully saturated rings. The Morgan fingerprint density at radius 3 is 0.741 bits per heavy atom. The Labute approximate surface area is 361 Å². The molecule has 1 atom stereocenters. The highest BCUT2D eigenvalue weighted by Crippen LogP contribution is 2.17. The average molecular weight is 821 g/mol. The Morgan fingerprint density at radius 2 is 0.500 bits per heavy atom. The van der Waals surface area contributed by atoms with Crippen LogP contribution < -0.4 is 0 Å². The molecule has 0 heterocycles. The van der Waals surface area contributed by atoms with Gasteiger partial charge in [0.05, 0.1) is 0 Å². The maximum atomic E-state index is 12.8. The number of carbonyl (C=O) groups excluding carboxylic acids is 3. The van der Waals surface area contributed by atoms with E-state index in [1.807, 2.05) is 0 Å². The van der Waals surface area contributed by atoms with Crippen molar-refractivity contribution < 1.29 is 28.6 Å². The summed E-state index contributed by atoms with van der Waals surface area (Å²) in [5.74, 6) is 1.58. The quantitative estimate of drug-likeness (QED) is 0.0346. The van der Waals surface area contributed by atoms with E-state index in [2.05, 4.69) is 41.5 Å². The number of esters is 3. The lowest BCUT2D eigenvalue weighted by atomic mass is 10.0. The molecule has 344 valence electrons. The van der Waals surface area contributed by atoms with Crippen LogP contribution in [0.2, 0.25) is 0 Å². The fourth-order valence-corrected chi connectivity index (χ4v) is 7.76. The second kappa shape index (κ2) is 43.5. The van der Waals surface area contributed by atoms with E-state index in [0.29, 0.717) is 19.3 Å². The molecule has 0 amide bonds. The highest BCUT2D eigenvalue weighted by Gasteiger charge is 2.19. The molecule has 0 aliphatic heterocycles. The first-order valence-corrected chi connectivity index (χ1v) is 25.6. The number of unbranched alkanes of at least 4 members (excludes halogenated alkanes) is 28. The van der Waals surface area contributed by atoms with E-state index in [1.165, 1.54) is 161 Å². The fourth-order valence-electron chi connectivity index (χ4n) is 7.76. The summed E-state index contributed by atoms with van der Waals surface area (Å²) in [6, 6.07) is 0. The van der Waals surface area contributed by atoms with Crippen molar-refractivity contribution >= 4 is 17.9 Å². The minimum Gasteiger partial charge on any atom is -0.462 e. The van der Waals surface area contributed by atoms with Crippen molar-refractivity contribution in [3.05, 3.63) is 0 Å². The number of hydrogen-bond donors (Lipinski definition) is 0. The molecule has 6 heteroatoms. The van der Waals surface area contributed by atoms with Gasteiger partial charge in [-0.25, -0.2) is 0 Å². The molecule has 0 N–H and O–H groups in total. The third-order valence-corrected chi connectivity index (χ3v) is 11.6. The first kappa shape index (κ1) is 56.4. The molecule has 0 aromatic carbocycles. The van der Waals surface area contributed by atoms with Gasteiger partial charge in [0.25, 0.3) is 0 Å². The summed E-state index contributed by atoms with van der Waals surface area (Å²) in [5, 5.41) is 0. The van der Waals surface area contributed by atoms with Gasteiger partial charge in [0.1, 0.15) is 13.2 Å². The number of rotatable bonds is 45. The molecule has 0 aromatic rings. The van der Waals surface area contributed by atoms with Gasteiger partial charge in [-0.05, 0) is 37.0 Å². The maximum Gasteiger partial charge on any atom is 0.306 e. The Bertz CT molecular complexity index is 898.